The Balaban J connectivity index is 3.07. The lowest BCUT2D eigenvalue weighted by molar-refractivity contribution is 0.692. The molecule has 2 heteroatoms. The normalized spacial score (nSPS) is 13.4. The van der Waals surface area contributed by atoms with Gasteiger partial charge in [0.15, 0.2) is 0 Å². The Labute approximate surface area is 79.9 Å². The maximum absolute atomic E-state index is 3.93. The van der Waals surface area contributed by atoms with Gasteiger partial charge in [-0.3, -0.25) is 0 Å². The van der Waals surface area contributed by atoms with E-state index in [-0.39, 0.29) is 0 Å². The Morgan fingerprint density at radius 3 is 2.45 bits per heavy atom. The van der Waals surface area contributed by atoms with Gasteiger partial charge < -0.3 is 0 Å². The van der Waals surface area contributed by atoms with Gasteiger partial charge in [0.2, 0.25) is 0 Å². The molecular formula is C9H19S2. The van der Waals surface area contributed by atoms with Crippen molar-refractivity contribution in [1.82, 2.24) is 0 Å². The summed E-state index contributed by atoms with van der Waals surface area (Å²) in [5, 5.41) is 0.803. The second-order valence-electron chi connectivity index (χ2n) is 2.63. The first kappa shape index (κ1) is 11.7. The zero-order chi connectivity index (χ0) is 8.53. The molecule has 67 valence electrons. The predicted octanol–water partition coefficient (Wildman–Crippen LogP) is 3.48. The van der Waals surface area contributed by atoms with Crippen molar-refractivity contribution in [3.05, 3.63) is 6.92 Å². The molecule has 0 heterocycles. The van der Waals surface area contributed by atoms with Crippen LogP contribution in [0.4, 0.5) is 0 Å². The highest BCUT2D eigenvalue weighted by Gasteiger charge is 2.02. The molecule has 1 atom stereocenters. The summed E-state index contributed by atoms with van der Waals surface area (Å²) in [5.41, 5.74) is 0. The smallest absolute Gasteiger partial charge is 0.00442 e. The third-order valence-corrected chi connectivity index (χ3v) is 3.61. The molecule has 0 aromatic carbocycles. The Bertz CT molecular complexity index is 70.0. The third-order valence-electron chi connectivity index (χ3n) is 1.78. The minimum absolute atomic E-state index is 0.803. The number of hydrogen-bond acceptors (Lipinski definition) is 2. The quantitative estimate of drug-likeness (QED) is 0.565. The molecule has 1 unspecified atom stereocenters. The summed E-state index contributed by atoms with van der Waals surface area (Å²) in [4.78, 5) is 0. The summed E-state index contributed by atoms with van der Waals surface area (Å²) in [5.74, 6) is 1.32. The van der Waals surface area contributed by atoms with Crippen molar-refractivity contribution in [3.63, 3.8) is 0 Å². The molecule has 0 amide bonds. The van der Waals surface area contributed by atoms with Crippen LogP contribution >= 0.6 is 23.5 Å². The van der Waals surface area contributed by atoms with Crippen LogP contribution in [0.15, 0.2) is 0 Å². The van der Waals surface area contributed by atoms with Gasteiger partial charge in [-0.05, 0) is 37.5 Å². The predicted molar refractivity (Wildman–Crippen MR) is 59.5 cm³/mol. The topological polar surface area (TPSA) is 0 Å². The summed E-state index contributed by atoms with van der Waals surface area (Å²) in [6.45, 7) is 3.93. The fourth-order valence-electron chi connectivity index (χ4n) is 0.998. The lowest BCUT2D eigenvalue weighted by atomic mass is 10.2. The van der Waals surface area contributed by atoms with Crippen LogP contribution in [0, 0.1) is 6.92 Å². The summed E-state index contributed by atoms with van der Waals surface area (Å²) in [6, 6.07) is 0. The van der Waals surface area contributed by atoms with Crippen molar-refractivity contribution >= 4 is 23.5 Å². The average molecular weight is 191 g/mol. The first-order valence-electron chi connectivity index (χ1n) is 4.16. The third kappa shape index (κ3) is 7.07. The van der Waals surface area contributed by atoms with E-state index in [1.165, 1.54) is 25.0 Å². The molecule has 0 N–H and O–H groups in total. The fourth-order valence-corrected chi connectivity index (χ4v) is 2.13. The summed E-state index contributed by atoms with van der Waals surface area (Å²) >= 11 is 3.90. The molecule has 0 bridgehead atoms. The van der Waals surface area contributed by atoms with Crippen molar-refractivity contribution < 1.29 is 0 Å². The SMILES string of the molecule is [CH2]CC(CCCCSC)SC. The fraction of sp³-hybridized carbons (Fsp3) is 0.889. The molecule has 0 aromatic rings. The molecule has 0 aliphatic carbocycles. The van der Waals surface area contributed by atoms with E-state index in [9.17, 15) is 0 Å². The number of unbranched alkanes of at least 4 members (excludes halogenated alkanes) is 1. The Kier molecular flexibility index (Phi) is 9.35. The summed E-state index contributed by atoms with van der Waals surface area (Å²) in [6.07, 6.45) is 9.55. The van der Waals surface area contributed by atoms with Crippen LogP contribution in [0.25, 0.3) is 0 Å². The lowest BCUT2D eigenvalue weighted by Gasteiger charge is -2.10. The molecule has 0 saturated carbocycles. The minimum atomic E-state index is 0.803. The van der Waals surface area contributed by atoms with Crippen LogP contribution in [0.3, 0.4) is 0 Å². The number of hydrogen-bond donors (Lipinski definition) is 0. The molecular weight excluding hydrogens is 172 g/mol. The van der Waals surface area contributed by atoms with Gasteiger partial charge in [0.05, 0.1) is 0 Å². The highest BCUT2D eigenvalue weighted by Crippen LogP contribution is 2.17. The maximum Gasteiger partial charge on any atom is 0.00442 e. The van der Waals surface area contributed by atoms with E-state index in [0.29, 0.717) is 0 Å². The molecule has 1 radical (unpaired) electrons. The molecule has 0 aliphatic rings. The Hall–Kier alpha value is 0.700. The van der Waals surface area contributed by atoms with Crippen molar-refractivity contribution in [1.29, 1.82) is 0 Å². The highest BCUT2D eigenvalue weighted by atomic mass is 32.2. The van der Waals surface area contributed by atoms with E-state index in [0.717, 1.165) is 11.7 Å². The van der Waals surface area contributed by atoms with Gasteiger partial charge in [-0.1, -0.05) is 13.3 Å². The van der Waals surface area contributed by atoms with E-state index in [4.69, 9.17) is 0 Å². The molecule has 0 aromatic heterocycles. The molecule has 0 nitrogen and oxygen atoms in total. The van der Waals surface area contributed by atoms with Gasteiger partial charge in [-0.15, -0.1) is 0 Å². The standard InChI is InChI=1S/C9H19S2/c1-4-9(11-3)7-5-6-8-10-2/h9H,1,4-8H2,2-3H3. The average Bonchev–Trinajstić information content (AvgIpc) is 2.05. The van der Waals surface area contributed by atoms with Gasteiger partial charge in [0, 0.05) is 5.25 Å². The van der Waals surface area contributed by atoms with Crippen LogP contribution in [0.5, 0.6) is 0 Å². The Morgan fingerprint density at radius 1 is 1.27 bits per heavy atom. The van der Waals surface area contributed by atoms with Crippen molar-refractivity contribution in [3.8, 4) is 0 Å². The van der Waals surface area contributed by atoms with Gasteiger partial charge >= 0.3 is 0 Å². The Morgan fingerprint density at radius 2 is 2.00 bits per heavy atom. The van der Waals surface area contributed by atoms with Crippen molar-refractivity contribution in [2.75, 3.05) is 18.3 Å². The van der Waals surface area contributed by atoms with Crippen LogP contribution in [-0.2, 0) is 0 Å². The van der Waals surface area contributed by atoms with Gasteiger partial charge in [0.25, 0.3) is 0 Å². The minimum Gasteiger partial charge on any atom is -0.165 e. The van der Waals surface area contributed by atoms with Crippen LogP contribution < -0.4 is 0 Å². The van der Waals surface area contributed by atoms with Gasteiger partial charge in [0.1, 0.15) is 0 Å². The molecule has 0 fully saturated rings. The molecule has 0 rings (SSSR count). The molecule has 11 heavy (non-hydrogen) atoms. The van der Waals surface area contributed by atoms with Crippen molar-refractivity contribution in [2.45, 2.75) is 30.9 Å². The number of thioether (sulfide) groups is 2. The second kappa shape index (κ2) is 8.79. The summed E-state index contributed by atoms with van der Waals surface area (Å²) < 4.78 is 0. The van der Waals surface area contributed by atoms with Crippen molar-refractivity contribution in [2.24, 2.45) is 0 Å². The zero-order valence-electron chi connectivity index (χ0n) is 7.64. The monoisotopic (exact) mass is 191 g/mol. The first-order valence-corrected chi connectivity index (χ1v) is 6.84. The summed E-state index contributed by atoms with van der Waals surface area (Å²) in [7, 11) is 0. The van der Waals surface area contributed by atoms with Gasteiger partial charge in [-0.25, -0.2) is 0 Å². The van der Waals surface area contributed by atoms with Crippen LogP contribution in [0.2, 0.25) is 0 Å². The van der Waals surface area contributed by atoms with E-state index < -0.39 is 0 Å². The molecule has 0 aliphatic heterocycles. The highest BCUT2D eigenvalue weighted by molar-refractivity contribution is 7.99. The van der Waals surface area contributed by atoms with Crippen LogP contribution in [0.1, 0.15) is 25.7 Å². The second-order valence-corrected chi connectivity index (χ2v) is 4.76. The van der Waals surface area contributed by atoms with E-state index in [1.807, 2.05) is 23.5 Å². The van der Waals surface area contributed by atoms with E-state index in [1.54, 1.807) is 0 Å². The van der Waals surface area contributed by atoms with E-state index in [2.05, 4.69) is 19.4 Å². The van der Waals surface area contributed by atoms with Crippen LogP contribution in [-0.4, -0.2) is 23.5 Å². The molecule has 0 spiro atoms. The number of rotatable bonds is 7. The zero-order valence-corrected chi connectivity index (χ0v) is 9.27. The first-order chi connectivity index (χ1) is 5.35. The lowest BCUT2D eigenvalue weighted by Crippen LogP contribution is -1.99. The van der Waals surface area contributed by atoms with Gasteiger partial charge in [-0.2, -0.15) is 23.5 Å². The van der Waals surface area contributed by atoms with E-state index >= 15 is 0 Å². The molecule has 0 saturated heterocycles. The largest absolute Gasteiger partial charge is 0.165 e. The maximum atomic E-state index is 3.93.